The highest BCUT2D eigenvalue weighted by atomic mass is 16.5. The predicted octanol–water partition coefficient (Wildman–Crippen LogP) is 0.857. The van der Waals surface area contributed by atoms with Gasteiger partial charge < -0.3 is 20.3 Å². The van der Waals surface area contributed by atoms with Crippen molar-refractivity contribution in [2.45, 2.75) is 26.3 Å². The molecule has 1 saturated heterocycles. The van der Waals surface area contributed by atoms with Crippen LogP contribution in [-0.4, -0.2) is 49.4 Å². The molecule has 1 aliphatic rings. The van der Waals surface area contributed by atoms with Crippen molar-refractivity contribution in [1.82, 2.24) is 15.5 Å². The lowest BCUT2D eigenvalue weighted by molar-refractivity contribution is -0.129. The van der Waals surface area contributed by atoms with E-state index in [0.717, 1.165) is 5.56 Å². The molecule has 1 fully saturated rings. The van der Waals surface area contributed by atoms with Crippen molar-refractivity contribution in [2.24, 2.45) is 5.92 Å². The van der Waals surface area contributed by atoms with E-state index in [1.165, 1.54) is 6.92 Å². The minimum Gasteiger partial charge on any atom is -0.496 e. The molecule has 0 aromatic heterocycles. The van der Waals surface area contributed by atoms with E-state index in [9.17, 15) is 14.4 Å². The summed E-state index contributed by atoms with van der Waals surface area (Å²) in [5.74, 6) is -0.196. The van der Waals surface area contributed by atoms with Crippen LogP contribution in [0.1, 0.15) is 31.9 Å². The Balaban J connectivity index is 2.19. The molecule has 25 heavy (non-hydrogen) atoms. The summed E-state index contributed by atoms with van der Waals surface area (Å²) in [4.78, 5) is 37.6. The summed E-state index contributed by atoms with van der Waals surface area (Å²) in [5.41, 5.74) is 0.833. The molecule has 0 spiro atoms. The Bertz CT molecular complexity index is 647. The van der Waals surface area contributed by atoms with Crippen LogP contribution in [-0.2, 0) is 14.4 Å². The summed E-state index contributed by atoms with van der Waals surface area (Å²) in [6.45, 7) is 4.54. The second-order valence-corrected chi connectivity index (χ2v) is 5.95. The molecule has 1 aliphatic heterocycles. The minimum absolute atomic E-state index is 0.0413. The van der Waals surface area contributed by atoms with Gasteiger partial charge in [-0.15, -0.1) is 0 Å². The smallest absolute Gasteiger partial charge is 0.226 e. The molecule has 7 nitrogen and oxygen atoms in total. The van der Waals surface area contributed by atoms with Gasteiger partial charge in [-0.3, -0.25) is 14.4 Å². The highest BCUT2D eigenvalue weighted by Crippen LogP contribution is 2.41. The number of nitrogens with one attached hydrogen (secondary N) is 2. The number of carbonyl (C=O) groups excluding carboxylic acids is 3. The molecule has 0 unspecified atom stereocenters. The molecule has 0 saturated carbocycles. The van der Waals surface area contributed by atoms with E-state index in [2.05, 4.69) is 10.6 Å². The fourth-order valence-electron chi connectivity index (χ4n) is 3.25. The van der Waals surface area contributed by atoms with E-state index < -0.39 is 5.92 Å². The second kappa shape index (κ2) is 8.50. The summed E-state index contributed by atoms with van der Waals surface area (Å²) in [6, 6.07) is 7.10. The minimum atomic E-state index is -0.485. The Labute approximate surface area is 147 Å². The van der Waals surface area contributed by atoms with Crippen molar-refractivity contribution >= 4 is 17.7 Å². The number of rotatable bonds is 7. The first kappa shape index (κ1) is 18.8. The van der Waals surface area contributed by atoms with Gasteiger partial charge in [0.15, 0.2) is 0 Å². The first-order chi connectivity index (χ1) is 12.0. The van der Waals surface area contributed by atoms with E-state index in [0.29, 0.717) is 25.4 Å². The van der Waals surface area contributed by atoms with Gasteiger partial charge in [0.05, 0.1) is 19.1 Å². The van der Waals surface area contributed by atoms with Gasteiger partial charge in [-0.25, -0.2) is 0 Å². The zero-order chi connectivity index (χ0) is 18.4. The average Bonchev–Trinajstić information content (AvgIpc) is 2.94. The van der Waals surface area contributed by atoms with Crippen molar-refractivity contribution < 1.29 is 19.1 Å². The molecule has 0 bridgehead atoms. The summed E-state index contributed by atoms with van der Waals surface area (Å²) in [6.07, 6.45) is 0.169. The number of ether oxygens (including phenoxy) is 1. The van der Waals surface area contributed by atoms with E-state index in [1.54, 1.807) is 12.0 Å². The Morgan fingerprint density at radius 1 is 1.24 bits per heavy atom. The normalized spacial score (nSPS) is 19.6. The number of carbonyl (C=O) groups is 3. The van der Waals surface area contributed by atoms with Crippen molar-refractivity contribution in [3.63, 3.8) is 0 Å². The number of hydrogen-bond donors (Lipinski definition) is 2. The fourth-order valence-corrected chi connectivity index (χ4v) is 3.25. The summed E-state index contributed by atoms with van der Waals surface area (Å²) in [5, 5.41) is 5.44. The summed E-state index contributed by atoms with van der Waals surface area (Å²) < 4.78 is 5.42. The topological polar surface area (TPSA) is 87.7 Å². The molecule has 1 heterocycles. The lowest BCUT2D eigenvalue weighted by Gasteiger charge is -2.28. The number of hydrogen-bond acceptors (Lipinski definition) is 4. The van der Waals surface area contributed by atoms with Gasteiger partial charge in [-0.1, -0.05) is 18.2 Å². The third kappa shape index (κ3) is 4.29. The lowest BCUT2D eigenvalue weighted by atomic mass is 9.92. The zero-order valence-electron chi connectivity index (χ0n) is 14.9. The average molecular weight is 347 g/mol. The molecular formula is C18H25N3O4. The number of nitrogens with zero attached hydrogens (tertiary/aromatic N) is 1. The van der Waals surface area contributed by atoms with E-state index in [-0.39, 0.29) is 30.2 Å². The molecule has 1 aromatic carbocycles. The molecule has 7 heteroatoms. The molecule has 0 aliphatic carbocycles. The molecule has 2 N–H and O–H groups in total. The van der Waals surface area contributed by atoms with Crippen LogP contribution in [0.15, 0.2) is 24.3 Å². The van der Waals surface area contributed by atoms with E-state index >= 15 is 0 Å². The highest BCUT2D eigenvalue weighted by molar-refractivity contribution is 5.90. The molecule has 2 rings (SSSR count). The maximum atomic E-state index is 12.6. The van der Waals surface area contributed by atoms with E-state index in [1.807, 2.05) is 31.2 Å². The number of methoxy groups -OCH3 is 1. The van der Waals surface area contributed by atoms with Gasteiger partial charge in [0, 0.05) is 38.5 Å². The number of benzene rings is 1. The van der Waals surface area contributed by atoms with Crippen molar-refractivity contribution in [3.8, 4) is 5.75 Å². The van der Waals surface area contributed by atoms with Crippen LogP contribution in [0, 0.1) is 5.92 Å². The molecule has 1 aromatic rings. The molecule has 3 amide bonds. The van der Waals surface area contributed by atoms with Crippen LogP contribution in [0.3, 0.4) is 0 Å². The Morgan fingerprint density at radius 2 is 1.92 bits per heavy atom. The van der Waals surface area contributed by atoms with Gasteiger partial charge in [0.1, 0.15) is 5.75 Å². The first-order valence-corrected chi connectivity index (χ1v) is 8.44. The van der Waals surface area contributed by atoms with Gasteiger partial charge in [-0.2, -0.15) is 0 Å². The molecule has 2 atom stereocenters. The van der Waals surface area contributed by atoms with Crippen LogP contribution >= 0.6 is 0 Å². The SMILES string of the molecule is CCN1C(=O)C[C@@H](C(=O)NCCNC(C)=O)[C@@H]1c1ccccc1OC. The van der Waals surface area contributed by atoms with Crippen LogP contribution in [0.25, 0.3) is 0 Å². The van der Waals surface area contributed by atoms with Gasteiger partial charge in [0.25, 0.3) is 0 Å². The zero-order valence-corrected chi connectivity index (χ0v) is 14.9. The lowest BCUT2D eigenvalue weighted by Crippen LogP contribution is -2.39. The first-order valence-electron chi connectivity index (χ1n) is 8.44. The van der Waals surface area contributed by atoms with E-state index in [4.69, 9.17) is 4.74 Å². The predicted molar refractivity (Wildman–Crippen MR) is 92.9 cm³/mol. The summed E-state index contributed by atoms with van der Waals surface area (Å²) in [7, 11) is 1.58. The largest absolute Gasteiger partial charge is 0.496 e. The third-order valence-electron chi connectivity index (χ3n) is 4.36. The maximum Gasteiger partial charge on any atom is 0.226 e. The van der Waals surface area contributed by atoms with Crippen LogP contribution in [0.2, 0.25) is 0 Å². The van der Waals surface area contributed by atoms with Crippen molar-refractivity contribution in [1.29, 1.82) is 0 Å². The van der Waals surface area contributed by atoms with Gasteiger partial charge >= 0.3 is 0 Å². The van der Waals surface area contributed by atoms with Crippen molar-refractivity contribution in [3.05, 3.63) is 29.8 Å². The number of para-hydroxylation sites is 1. The monoisotopic (exact) mass is 347 g/mol. The van der Waals surface area contributed by atoms with Crippen LogP contribution in [0.4, 0.5) is 0 Å². The molecule has 136 valence electrons. The number of likely N-dealkylation sites (tertiary alicyclic amines) is 1. The quantitative estimate of drug-likeness (QED) is 0.716. The second-order valence-electron chi connectivity index (χ2n) is 5.95. The Hall–Kier alpha value is -2.57. The fraction of sp³-hybridized carbons (Fsp3) is 0.500. The highest BCUT2D eigenvalue weighted by Gasteiger charge is 2.44. The Morgan fingerprint density at radius 3 is 2.56 bits per heavy atom. The molecular weight excluding hydrogens is 322 g/mol. The van der Waals surface area contributed by atoms with Crippen molar-refractivity contribution in [2.75, 3.05) is 26.7 Å². The molecule has 0 radical (unpaired) electrons. The van der Waals surface area contributed by atoms with Crippen LogP contribution < -0.4 is 15.4 Å². The van der Waals surface area contributed by atoms with Gasteiger partial charge in [0.2, 0.25) is 17.7 Å². The van der Waals surface area contributed by atoms with Gasteiger partial charge in [-0.05, 0) is 13.0 Å². The summed E-state index contributed by atoms with van der Waals surface area (Å²) >= 11 is 0. The third-order valence-corrected chi connectivity index (χ3v) is 4.36. The van der Waals surface area contributed by atoms with Crippen LogP contribution in [0.5, 0.6) is 5.75 Å². The standard InChI is InChI=1S/C18H25N3O4/c1-4-21-16(23)11-14(18(24)20-10-9-19-12(2)22)17(21)13-7-5-6-8-15(13)25-3/h5-8,14,17H,4,9-11H2,1-3H3,(H,19,22)(H,20,24)/t14-,17+/m1/s1. The number of amides is 3. The maximum absolute atomic E-state index is 12.6. The Kier molecular flexibility index (Phi) is 6.38.